The SMILES string of the molecule is CNC(=O)c1cc(O)[nH]c(=O)c1. The zero-order chi connectivity index (χ0) is 9.14. The highest BCUT2D eigenvalue weighted by Crippen LogP contribution is 2.02. The number of amides is 1. The van der Waals surface area contributed by atoms with Crippen LogP contribution < -0.4 is 10.9 Å². The molecule has 0 spiro atoms. The Morgan fingerprint density at radius 1 is 1.58 bits per heavy atom. The Hall–Kier alpha value is -1.78. The number of nitrogens with one attached hydrogen (secondary N) is 2. The van der Waals surface area contributed by atoms with Crippen molar-refractivity contribution in [1.29, 1.82) is 0 Å². The number of H-pyrrole nitrogens is 1. The molecule has 5 nitrogen and oxygen atoms in total. The maximum absolute atomic E-state index is 10.9. The smallest absolute Gasteiger partial charge is 0.251 e. The van der Waals surface area contributed by atoms with Crippen LogP contribution in [0.1, 0.15) is 10.4 Å². The van der Waals surface area contributed by atoms with Crippen LogP contribution in [0.3, 0.4) is 0 Å². The van der Waals surface area contributed by atoms with Gasteiger partial charge in [-0.2, -0.15) is 0 Å². The summed E-state index contributed by atoms with van der Waals surface area (Å²) in [6, 6.07) is 2.29. The van der Waals surface area contributed by atoms with Gasteiger partial charge in [0.2, 0.25) is 0 Å². The van der Waals surface area contributed by atoms with Crippen LogP contribution in [0.25, 0.3) is 0 Å². The average molecular weight is 168 g/mol. The molecule has 0 bridgehead atoms. The van der Waals surface area contributed by atoms with Crippen molar-refractivity contribution in [2.75, 3.05) is 7.05 Å². The highest BCUT2D eigenvalue weighted by atomic mass is 16.3. The van der Waals surface area contributed by atoms with Gasteiger partial charge in [0.1, 0.15) is 0 Å². The van der Waals surface area contributed by atoms with Gasteiger partial charge in [0.25, 0.3) is 11.5 Å². The van der Waals surface area contributed by atoms with E-state index in [0.717, 1.165) is 6.07 Å². The number of aromatic nitrogens is 1. The molecule has 1 rings (SSSR count). The van der Waals surface area contributed by atoms with Crippen molar-refractivity contribution in [2.45, 2.75) is 0 Å². The molecule has 1 amide bonds. The predicted molar refractivity (Wildman–Crippen MR) is 42.1 cm³/mol. The third-order valence-corrected chi connectivity index (χ3v) is 1.32. The van der Waals surface area contributed by atoms with E-state index in [4.69, 9.17) is 5.11 Å². The number of carbonyl (C=O) groups is 1. The molecule has 0 aliphatic carbocycles. The lowest BCUT2D eigenvalue weighted by Gasteiger charge is -1.98. The molecule has 5 heteroatoms. The first-order valence-electron chi connectivity index (χ1n) is 3.29. The first kappa shape index (κ1) is 8.32. The Kier molecular flexibility index (Phi) is 2.14. The summed E-state index contributed by atoms with van der Waals surface area (Å²) in [5.74, 6) is -0.725. The molecule has 0 saturated heterocycles. The molecular formula is C7H8N2O3. The quantitative estimate of drug-likeness (QED) is 0.525. The van der Waals surface area contributed by atoms with Crippen molar-refractivity contribution in [2.24, 2.45) is 0 Å². The van der Waals surface area contributed by atoms with Crippen LogP contribution in [0.2, 0.25) is 0 Å². The molecule has 1 aromatic heterocycles. The summed E-state index contributed by atoms with van der Waals surface area (Å²) in [7, 11) is 1.45. The second-order valence-corrected chi connectivity index (χ2v) is 2.20. The van der Waals surface area contributed by atoms with Crippen LogP contribution >= 0.6 is 0 Å². The number of rotatable bonds is 1. The third-order valence-electron chi connectivity index (χ3n) is 1.32. The summed E-state index contributed by atoms with van der Waals surface area (Å²) in [5, 5.41) is 11.2. The molecule has 0 radical (unpaired) electrons. The maximum Gasteiger partial charge on any atom is 0.251 e. The largest absolute Gasteiger partial charge is 0.494 e. The van der Waals surface area contributed by atoms with Gasteiger partial charge in [-0.3, -0.25) is 14.6 Å². The Bertz CT molecular complexity index is 356. The van der Waals surface area contributed by atoms with Crippen molar-refractivity contribution in [1.82, 2.24) is 10.3 Å². The molecule has 0 saturated carbocycles. The zero-order valence-corrected chi connectivity index (χ0v) is 6.42. The summed E-state index contributed by atoms with van der Waals surface area (Å²) in [6.07, 6.45) is 0. The monoisotopic (exact) mass is 168 g/mol. The highest BCUT2D eigenvalue weighted by Gasteiger charge is 2.04. The fourth-order valence-corrected chi connectivity index (χ4v) is 0.804. The molecule has 3 N–H and O–H groups in total. The molecule has 64 valence electrons. The van der Waals surface area contributed by atoms with E-state index >= 15 is 0 Å². The van der Waals surface area contributed by atoms with E-state index in [1.807, 2.05) is 0 Å². The van der Waals surface area contributed by atoms with Crippen molar-refractivity contribution >= 4 is 5.91 Å². The molecule has 0 aliphatic rings. The number of carbonyl (C=O) groups excluding carboxylic acids is 1. The van der Waals surface area contributed by atoms with Gasteiger partial charge in [-0.25, -0.2) is 0 Å². The minimum atomic E-state index is -0.506. The summed E-state index contributed by atoms with van der Waals surface area (Å²) in [6.45, 7) is 0. The number of hydrogen-bond acceptors (Lipinski definition) is 3. The van der Waals surface area contributed by atoms with E-state index in [2.05, 4.69) is 10.3 Å². The summed E-state index contributed by atoms with van der Waals surface area (Å²) >= 11 is 0. The van der Waals surface area contributed by atoms with Crippen LogP contribution in [-0.4, -0.2) is 23.0 Å². The molecule has 12 heavy (non-hydrogen) atoms. The maximum atomic E-state index is 10.9. The van der Waals surface area contributed by atoms with Gasteiger partial charge in [-0.15, -0.1) is 0 Å². The molecule has 0 aliphatic heterocycles. The molecular weight excluding hydrogens is 160 g/mol. The van der Waals surface area contributed by atoms with Gasteiger partial charge < -0.3 is 10.4 Å². The topological polar surface area (TPSA) is 82.2 Å². The molecule has 1 heterocycles. The fraction of sp³-hybridized carbons (Fsp3) is 0.143. The lowest BCUT2D eigenvalue weighted by atomic mass is 10.2. The van der Waals surface area contributed by atoms with Gasteiger partial charge in [-0.1, -0.05) is 0 Å². The summed E-state index contributed by atoms with van der Waals surface area (Å²) in [5.41, 5.74) is -0.368. The number of pyridine rings is 1. The second kappa shape index (κ2) is 3.08. The van der Waals surface area contributed by atoms with Crippen molar-refractivity contribution in [3.63, 3.8) is 0 Å². The second-order valence-electron chi connectivity index (χ2n) is 2.20. The predicted octanol–water partition coefficient (Wildman–Crippen LogP) is -0.560. The van der Waals surface area contributed by atoms with Crippen LogP contribution in [0.5, 0.6) is 5.88 Å². The Morgan fingerprint density at radius 2 is 2.25 bits per heavy atom. The van der Waals surface area contributed by atoms with E-state index in [9.17, 15) is 9.59 Å². The van der Waals surface area contributed by atoms with Gasteiger partial charge in [0.05, 0.1) is 5.56 Å². The molecule has 0 aromatic carbocycles. The van der Waals surface area contributed by atoms with Crippen LogP contribution in [-0.2, 0) is 0 Å². The van der Waals surface area contributed by atoms with Gasteiger partial charge in [-0.05, 0) is 0 Å². The van der Waals surface area contributed by atoms with Gasteiger partial charge >= 0.3 is 0 Å². The molecule has 1 aromatic rings. The van der Waals surface area contributed by atoms with Gasteiger partial charge in [0, 0.05) is 19.2 Å². The summed E-state index contributed by atoms with van der Waals surface area (Å²) < 4.78 is 0. The minimum absolute atomic E-state index is 0.138. The van der Waals surface area contributed by atoms with Crippen LogP contribution in [0.15, 0.2) is 16.9 Å². The van der Waals surface area contributed by atoms with Crippen LogP contribution in [0, 0.1) is 0 Å². The normalized spacial score (nSPS) is 9.42. The zero-order valence-electron chi connectivity index (χ0n) is 6.42. The average Bonchev–Trinajstić information content (AvgIpc) is 2.01. The summed E-state index contributed by atoms with van der Waals surface area (Å²) in [4.78, 5) is 23.8. The molecule has 0 atom stereocenters. The highest BCUT2D eigenvalue weighted by molar-refractivity contribution is 5.94. The Labute approximate surface area is 68.0 Å². The fourth-order valence-electron chi connectivity index (χ4n) is 0.804. The van der Waals surface area contributed by atoms with E-state index < -0.39 is 11.5 Å². The number of aromatic hydroxyl groups is 1. The molecule has 0 fully saturated rings. The van der Waals surface area contributed by atoms with E-state index in [1.165, 1.54) is 13.1 Å². The Morgan fingerprint density at radius 3 is 2.75 bits per heavy atom. The number of hydrogen-bond donors (Lipinski definition) is 3. The lowest BCUT2D eigenvalue weighted by Crippen LogP contribution is -2.20. The van der Waals surface area contributed by atoms with Crippen molar-refractivity contribution in [3.05, 3.63) is 28.0 Å². The standard InChI is InChI=1S/C7H8N2O3/c1-8-7(12)4-2-5(10)9-6(11)3-4/h2-3H,1H3,(H,8,12)(H2,9,10,11). The van der Waals surface area contributed by atoms with E-state index in [0.29, 0.717) is 0 Å². The van der Waals surface area contributed by atoms with E-state index in [1.54, 1.807) is 0 Å². The minimum Gasteiger partial charge on any atom is -0.494 e. The van der Waals surface area contributed by atoms with Crippen LogP contribution in [0.4, 0.5) is 0 Å². The number of aromatic amines is 1. The first-order chi connectivity index (χ1) is 5.63. The Balaban J connectivity index is 3.17. The lowest BCUT2D eigenvalue weighted by molar-refractivity contribution is 0.0962. The van der Waals surface area contributed by atoms with Gasteiger partial charge in [0.15, 0.2) is 5.88 Å². The van der Waals surface area contributed by atoms with Crippen molar-refractivity contribution < 1.29 is 9.90 Å². The molecule has 0 unspecified atom stereocenters. The van der Waals surface area contributed by atoms with E-state index in [-0.39, 0.29) is 11.4 Å². The first-order valence-corrected chi connectivity index (χ1v) is 3.29. The third kappa shape index (κ3) is 1.63. The van der Waals surface area contributed by atoms with Crippen molar-refractivity contribution in [3.8, 4) is 5.88 Å².